The summed E-state index contributed by atoms with van der Waals surface area (Å²) in [5.41, 5.74) is 1.21. The van der Waals surface area contributed by atoms with Gasteiger partial charge in [-0.2, -0.15) is 0 Å². The molecular formula is C20H23BrN2O4. The van der Waals surface area contributed by atoms with Gasteiger partial charge < -0.3 is 9.84 Å². The van der Waals surface area contributed by atoms with Gasteiger partial charge in [-0.15, -0.1) is 0 Å². The third-order valence-electron chi connectivity index (χ3n) is 3.90. The van der Waals surface area contributed by atoms with Crippen LogP contribution in [0.1, 0.15) is 19.8 Å². The van der Waals surface area contributed by atoms with Crippen molar-refractivity contribution >= 4 is 39.5 Å². The molecule has 1 N–H and O–H groups in total. The molecule has 0 fully saturated rings. The SMILES string of the molecule is CCCCN(C(=O)Oc1cccc(N(CCBr)C(=O)O)c1)c1ccccc1. The lowest BCUT2D eigenvalue weighted by atomic mass is 10.2. The number of hydrogen-bond donors (Lipinski definition) is 1. The molecule has 0 aliphatic heterocycles. The minimum absolute atomic E-state index is 0.291. The number of hydrogen-bond acceptors (Lipinski definition) is 3. The van der Waals surface area contributed by atoms with Gasteiger partial charge in [0, 0.05) is 30.2 Å². The minimum atomic E-state index is -1.06. The quantitative estimate of drug-likeness (QED) is 0.566. The van der Waals surface area contributed by atoms with Crippen LogP contribution in [0.4, 0.5) is 21.0 Å². The van der Waals surface area contributed by atoms with Gasteiger partial charge in [0.05, 0.1) is 5.69 Å². The van der Waals surface area contributed by atoms with E-state index in [4.69, 9.17) is 4.74 Å². The Morgan fingerprint density at radius 3 is 2.33 bits per heavy atom. The first kappa shape index (κ1) is 20.8. The van der Waals surface area contributed by atoms with E-state index >= 15 is 0 Å². The van der Waals surface area contributed by atoms with E-state index in [1.54, 1.807) is 29.2 Å². The lowest BCUT2D eigenvalue weighted by Gasteiger charge is -2.23. The Morgan fingerprint density at radius 1 is 1.00 bits per heavy atom. The van der Waals surface area contributed by atoms with Crippen molar-refractivity contribution in [3.63, 3.8) is 0 Å². The average molecular weight is 435 g/mol. The van der Waals surface area contributed by atoms with Crippen molar-refractivity contribution in [2.24, 2.45) is 0 Å². The monoisotopic (exact) mass is 434 g/mol. The van der Waals surface area contributed by atoms with E-state index in [9.17, 15) is 14.7 Å². The van der Waals surface area contributed by atoms with Gasteiger partial charge in [0.15, 0.2) is 0 Å². The maximum absolute atomic E-state index is 12.7. The number of ether oxygens (including phenoxy) is 1. The number of para-hydroxylation sites is 1. The second-order valence-corrected chi connectivity index (χ2v) is 6.62. The number of rotatable bonds is 8. The third-order valence-corrected chi connectivity index (χ3v) is 4.25. The van der Waals surface area contributed by atoms with Crippen LogP contribution in [0.15, 0.2) is 54.6 Å². The van der Waals surface area contributed by atoms with Crippen molar-refractivity contribution in [1.29, 1.82) is 0 Å². The normalized spacial score (nSPS) is 10.3. The Labute approximate surface area is 167 Å². The molecule has 0 bridgehead atoms. The predicted molar refractivity (Wildman–Crippen MR) is 110 cm³/mol. The third kappa shape index (κ3) is 5.99. The predicted octanol–water partition coefficient (Wildman–Crippen LogP) is 5.37. The van der Waals surface area contributed by atoms with Crippen molar-refractivity contribution in [2.75, 3.05) is 28.2 Å². The van der Waals surface area contributed by atoms with Gasteiger partial charge in [-0.3, -0.25) is 9.80 Å². The molecule has 2 aromatic carbocycles. The Balaban J connectivity index is 2.19. The summed E-state index contributed by atoms with van der Waals surface area (Å²) in [5, 5.41) is 9.86. The van der Waals surface area contributed by atoms with E-state index in [0.717, 1.165) is 18.5 Å². The first-order valence-corrected chi connectivity index (χ1v) is 9.89. The van der Waals surface area contributed by atoms with Crippen LogP contribution in [0, 0.1) is 0 Å². The second kappa shape index (κ2) is 10.6. The molecule has 0 heterocycles. The van der Waals surface area contributed by atoms with Crippen molar-refractivity contribution in [3.8, 4) is 5.75 Å². The number of alkyl halides is 1. The number of benzene rings is 2. The molecule has 0 spiro atoms. The Bertz CT molecular complexity index is 755. The molecule has 2 aromatic rings. The zero-order valence-electron chi connectivity index (χ0n) is 15.2. The van der Waals surface area contributed by atoms with Gasteiger partial charge in [0.2, 0.25) is 0 Å². The molecule has 27 heavy (non-hydrogen) atoms. The highest BCUT2D eigenvalue weighted by Gasteiger charge is 2.19. The fourth-order valence-electron chi connectivity index (χ4n) is 2.54. The number of carboxylic acid groups (broad SMARTS) is 1. The number of halogens is 1. The summed E-state index contributed by atoms with van der Waals surface area (Å²) in [6.45, 7) is 2.89. The number of unbranched alkanes of at least 4 members (excludes halogenated alkanes) is 1. The molecule has 0 aliphatic rings. The van der Waals surface area contributed by atoms with Gasteiger partial charge in [0.25, 0.3) is 0 Å². The van der Waals surface area contributed by atoms with E-state index in [1.165, 1.54) is 4.90 Å². The van der Waals surface area contributed by atoms with Gasteiger partial charge in [-0.1, -0.05) is 53.5 Å². The van der Waals surface area contributed by atoms with Crippen LogP contribution in [-0.4, -0.2) is 35.7 Å². The van der Waals surface area contributed by atoms with Crippen LogP contribution >= 0.6 is 15.9 Å². The van der Waals surface area contributed by atoms with Gasteiger partial charge in [-0.05, 0) is 30.7 Å². The second-order valence-electron chi connectivity index (χ2n) is 5.83. The first-order valence-electron chi connectivity index (χ1n) is 8.77. The highest BCUT2D eigenvalue weighted by molar-refractivity contribution is 9.09. The van der Waals surface area contributed by atoms with E-state index in [2.05, 4.69) is 22.9 Å². The Morgan fingerprint density at radius 2 is 1.70 bits per heavy atom. The molecule has 6 nitrogen and oxygen atoms in total. The standard InChI is InChI=1S/C20H23BrN2O4/c1-2-3-13-23(16-8-5-4-6-9-16)20(26)27-18-11-7-10-17(15-18)22(14-12-21)19(24)25/h4-11,15H,2-3,12-14H2,1H3,(H,24,25). The van der Waals surface area contributed by atoms with E-state index in [0.29, 0.717) is 29.9 Å². The molecule has 0 unspecified atom stereocenters. The molecule has 2 amide bonds. The maximum atomic E-state index is 12.7. The zero-order valence-corrected chi connectivity index (χ0v) is 16.8. The molecule has 0 saturated heterocycles. The summed E-state index contributed by atoms with van der Waals surface area (Å²) in [6.07, 6.45) is 0.245. The summed E-state index contributed by atoms with van der Waals surface area (Å²) in [7, 11) is 0. The molecule has 0 aliphatic carbocycles. The number of anilines is 2. The number of carbonyl (C=O) groups excluding carboxylic acids is 1. The molecule has 0 radical (unpaired) electrons. The van der Waals surface area contributed by atoms with Crippen LogP contribution in [-0.2, 0) is 0 Å². The highest BCUT2D eigenvalue weighted by Crippen LogP contribution is 2.23. The number of nitrogens with zero attached hydrogens (tertiary/aromatic N) is 2. The van der Waals surface area contributed by atoms with Crippen LogP contribution in [0.25, 0.3) is 0 Å². The summed E-state index contributed by atoms with van der Waals surface area (Å²) >= 11 is 3.25. The lowest BCUT2D eigenvalue weighted by Crippen LogP contribution is -2.34. The van der Waals surface area contributed by atoms with Gasteiger partial charge in [0.1, 0.15) is 5.75 Å². The maximum Gasteiger partial charge on any atom is 0.419 e. The van der Waals surface area contributed by atoms with E-state index < -0.39 is 12.2 Å². The summed E-state index contributed by atoms with van der Waals surface area (Å²) < 4.78 is 5.53. The van der Waals surface area contributed by atoms with Crippen LogP contribution in [0.2, 0.25) is 0 Å². The van der Waals surface area contributed by atoms with E-state index in [1.807, 2.05) is 30.3 Å². The topological polar surface area (TPSA) is 70.1 Å². The van der Waals surface area contributed by atoms with Crippen LogP contribution in [0.3, 0.4) is 0 Å². The molecular weight excluding hydrogens is 412 g/mol. The Hall–Kier alpha value is -2.54. The van der Waals surface area contributed by atoms with E-state index in [-0.39, 0.29) is 0 Å². The summed E-state index contributed by atoms with van der Waals surface area (Å²) in [6, 6.07) is 15.9. The van der Waals surface area contributed by atoms with Crippen molar-refractivity contribution in [1.82, 2.24) is 0 Å². The summed E-state index contributed by atoms with van der Waals surface area (Å²) in [4.78, 5) is 26.9. The summed E-state index contributed by atoms with van der Waals surface area (Å²) in [5.74, 6) is 0.302. The van der Waals surface area contributed by atoms with Crippen LogP contribution < -0.4 is 14.5 Å². The molecule has 7 heteroatoms. The largest absolute Gasteiger partial charge is 0.465 e. The lowest BCUT2D eigenvalue weighted by molar-refractivity contribution is 0.202. The highest BCUT2D eigenvalue weighted by atomic mass is 79.9. The van der Waals surface area contributed by atoms with Crippen molar-refractivity contribution in [2.45, 2.75) is 19.8 Å². The minimum Gasteiger partial charge on any atom is -0.465 e. The smallest absolute Gasteiger partial charge is 0.419 e. The Kier molecular flexibility index (Phi) is 8.13. The van der Waals surface area contributed by atoms with Gasteiger partial charge >= 0.3 is 12.2 Å². The average Bonchev–Trinajstić information content (AvgIpc) is 2.67. The van der Waals surface area contributed by atoms with Gasteiger partial charge in [-0.25, -0.2) is 9.59 Å². The molecule has 0 aromatic heterocycles. The fraction of sp³-hybridized carbons (Fsp3) is 0.300. The molecule has 2 rings (SSSR count). The first-order chi connectivity index (χ1) is 13.1. The number of carbonyl (C=O) groups is 2. The van der Waals surface area contributed by atoms with Crippen LogP contribution in [0.5, 0.6) is 5.75 Å². The fourth-order valence-corrected chi connectivity index (χ4v) is 2.90. The van der Waals surface area contributed by atoms with Crippen molar-refractivity contribution < 1.29 is 19.4 Å². The molecule has 0 saturated carbocycles. The molecule has 0 atom stereocenters. The molecule has 144 valence electrons. The number of amides is 2. The zero-order chi connectivity index (χ0) is 19.6. The van der Waals surface area contributed by atoms with Crippen molar-refractivity contribution in [3.05, 3.63) is 54.6 Å².